The molecule has 0 N–H and O–H groups in total. The second-order valence-electron chi connectivity index (χ2n) is 4.76. The van der Waals surface area contributed by atoms with E-state index >= 15 is 0 Å². The molecule has 0 atom stereocenters. The zero-order valence-electron chi connectivity index (χ0n) is 12.2. The van der Waals surface area contributed by atoms with Crippen LogP contribution in [-0.4, -0.2) is 40.9 Å². The van der Waals surface area contributed by atoms with E-state index in [1.807, 2.05) is 49.3 Å². The van der Waals surface area contributed by atoms with E-state index in [2.05, 4.69) is 32.1 Å². The Morgan fingerprint density at radius 1 is 0.952 bits per heavy atom. The first kappa shape index (κ1) is 13.3. The van der Waals surface area contributed by atoms with Crippen LogP contribution in [0.1, 0.15) is 6.92 Å². The fraction of sp³-hybridized carbons (Fsp3) is 0.286. The summed E-state index contributed by atoms with van der Waals surface area (Å²) in [6, 6.07) is 10.1. The van der Waals surface area contributed by atoms with Crippen LogP contribution >= 0.6 is 0 Å². The van der Waals surface area contributed by atoms with Gasteiger partial charge in [-0.2, -0.15) is 0 Å². The summed E-state index contributed by atoms with van der Waals surface area (Å²) in [5.41, 5.74) is 1.87. The standard InChI is InChI=1S/C14H16N6O/c1-4-20(10-8-6-5-7-9-10)14-13(19(2)3)15-11-12(16-14)18-21-17-11/h5-9H,4H2,1-3H3. The predicted octanol–water partition coefficient (Wildman–Crippen LogP) is 2.24. The minimum Gasteiger partial charge on any atom is -0.360 e. The maximum atomic E-state index is 4.71. The Kier molecular flexibility index (Phi) is 3.39. The summed E-state index contributed by atoms with van der Waals surface area (Å²) in [5, 5.41) is 7.54. The SMILES string of the molecule is CCN(c1ccccc1)c1nc2nonc2nc1N(C)C. The van der Waals surface area contributed by atoms with Gasteiger partial charge in [-0.15, -0.1) is 0 Å². The summed E-state index contributed by atoms with van der Waals surface area (Å²) in [4.78, 5) is 13.0. The largest absolute Gasteiger partial charge is 0.360 e. The van der Waals surface area contributed by atoms with E-state index in [9.17, 15) is 0 Å². The highest BCUT2D eigenvalue weighted by Gasteiger charge is 2.19. The van der Waals surface area contributed by atoms with Gasteiger partial charge in [-0.3, -0.25) is 0 Å². The van der Waals surface area contributed by atoms with E-state index in [1.165, 1.54) is 0 Å². The Balaban J connectivity index is 2.18. The molecule has 0 saturated heterocycles. The average molecular weight is 284 g/mol. The lowest BCUT2D eigenvalue weighted by atomic mass is 10.3. The van der Waals surface area contributed by atoms with Gasteiger partial charge in [0.25, 0.3) is 0 Å². The molecule has 2 aromatic heterocycles. The molecule has 0 radical (unpaired) electrons. The normalized spacial score (nSPS) is 10.8. The summed E-state index contributed by atoms with van der Waals surface area (Å²) in [5.74, 6) is 1.46. The zero-order chi connectivity index (χ0) is 14.8. The van der Waals surface area contributed by atoms with Crippen LogP contribution in [0.15, 0.2) is 35.0 Å². The molecule has 0 unspecified atom stereocenters. The zero-order valence-corrected chi connectivity index (χ0v) is 12.2. The van der Waals surface area contributed by atoms with Crippen molar-refractivity contribution in [3.8, 4) is 0 Å². The summed E-state index contributed by atoms with van der Waals surface area (Å²) < 4.78 is 4.71. The third-order valence-corrected chi connectivity index (χ3v) is 3.14. The molecule has 7 heteroatoms. The van der Waals surface area contributed by atoms with E-state index in [4.69, 9.17) is 4.63 Å². The maximum Gasteiger partial charge on any atom is 0.245 e. The molecule has 1 aromatic carbocycles. The Labute approximate surface area is 122 Å². The molecule has 0 bridgehead atoms. The van der Waals surface area contributed by atoms with Crippen molar-refractivity contribution in [1.82, 2.24) is 20.3 Å². The first-order chi connectivity index (χ1) is 10.2. The number of hydrogen-bond donors (Lipinski definition) is 0. The van der Waals surface area contributed by atoms with Crippen molar-refractivity contribution in [2.24, 2.45) is 0 Å². The molecular formula is C14H16N6O. The van der Waals surface area contributed by atoms with Crippen LogP contribution in [-0.2, 0) is 0 Å². The third-order valence-electron chi connectivity index (χ3n) is 3.14. The van der Waals surface area contributed by atoms with Crippen molar-refractivity contribution in [3.63, 3.8) is 0 Å². The number of anilines is 3. The van der Waals surface area contributed by atoms with Gasteiger partial charge < -0.3 is 9.80 Å². The summed E-state index contributed by atoms with van der Waals surface area (Å²) in [6.45, 7) is 2.83. The quantitative estimate of drug-likeness (QED) is 0.727. The van der Waals surface area contributed by atoms with Crippen LogP contribution in [0.2, 0.25) is 0 Å². The molecule has 0 spiro atoms. The second-order valence-corrected chi connectivity index (χ2v) is 4.76. The molecule has 7 nitrogen and oxygen atoms in total. The van der Waals surface area contributed by atoms with Crippen LogP contribution in [0.3, 0.4) is 0 Å². The highest BCUT2D eigenvalue weighted by Crippen LogP contribution is 2.31. The molecule has 21 heavy (non-hydrogen) atoms. The molecule has 3 aromatic rings. The van der Waals surface area contributed by atoms with Crippen molar-refractivity contribution >= 4 is 28.6 Å². The van der Waals surface area contributed by atoms with Gasteiger partial charge in [0.05, 0.1) is 0 Å². The van der Waals surface area contributed by atoms with Crippen LogP contribution in [0, 0.1) is 0 Å². The first-order valence-electron chi connectivity index (χ1n) is 6.71. The molecule has 3 rings (SSSR count). The van der Waals surface area contributed by atoms with E-state index in [0.29, 0.717) is 11.3 Å². The highest BCUT2D eigenvalue weighted by molar-refractivity contribution is 5.78. The van der Waals surface area contributed by atoms with Gasteiger partial charge in [0, 0.05) is 26.3 Å². The van der Waals surface area contributed by atoms with Crippen molar-refractivity contribution in [3.05, 3.63) is 30.3 Å². The van der Waals surface area contributed by atoms with Gasteiger partial charge in [0.15, 0.2) is 11.6 Å². The number of benzene rings is 1. The molecule has 0 amide bonds. The predicted molar refractivity (Wildman–Crippen MR) is 80.8 cm³/mol. The summed E-state index contributed by atoms with van der Waals surface area (Å²) in [7, 11) is 3.84. The monoisotopic (exact) mass is 284 g/mol. The molecule has 0 aliphatic carbocycles. The Morgan fingerprint density at radius 3 is 2.14 bits per heavy atom. The first-order valence-corrected chi connectivity index (χ1v) is 6.71. The van der Waals surface area contributed by atoms with Gasteiger partial charge in [0.2, 0.25) is 11.3 Å². The van der Waals surface area contributed by atoms with E-state index in [0.717, 1.165) is 23.9 Å². The van der Waals surface area contributed by atoms with E-state index in [-0.39, 0.29) is 0 Å². The van der Waals surface area contributed by atoms with Gasteiger partial charge in [-0.25, -0.2) is 14.6 Å². The van der Waals surface area contributed by atoms with Crippen LogP contribution < -0.4 is 9.80 Å². The Morgan fingerprint density at radius 2 is 1.57 bits per heavy atom. The van der Waals surface area contributed by atoms with Crippen LogP contribution in [0.5, 0.6) is 0 Å². The molecule has 0 fully saturated rings. The fourth-order valence-corrected chi connectivity index (χ4v) is 2.16. The summed E-state index contributed by atoms with van der Waals surface area (Å²) >= 11 is 0. The van der Waals surface area contributed by atoms with Crippen molar-refractivity contribution in [1.29, 1.82) is 0 Å². The Bertz CT molecular complexity index is 740. The van der Waals surface area contributed by atoms with Crippen molar-refractivity contribution in [2.75, 3.05) is 30.4 Å². The highest BCUT2D eigenvalue weighted by atomic mass is 16.6. The molecular weight excluding hydrogens is 268 g/mol. The Hall–Kier alpha value is -2.70. The van der Waals surface area contributed by atoms with E-state index < -0.39 is 0 Å². The third kappa shape index (κ3) is 2.37. The number of fused-ring (bicyclic) bond motifs is 1. The van der Waals surface area contributed by atoms with E-state index in [1.54, 1.807) is 0 Å². The smallest absolute Gasteiger partial charge is 0.245 e. The lowest BCUT2D eigenvalue weighted by Gasteiger charge is -2.25. The average Bonchev–Trinajstić information content (AvgIpc) is 2.95. The number of aromatic nitrogens is 4. The number of nitrogens with zero attached hydrogens (tertiary/aromatic N) is 6. The van der Waals surface area contributed by atoms with Gasteiger partial charge in [-0.1, -0.05) is 18.2 Å². The number of hydrogen-bond acceptors (Lipinski definition) is 7. The lowest BCUT2D eigenvalue weighted by Crippen LogP contribution is -2.22. The van der Waals surface area contributed by atoms with Gasteiger partial charge in [0.1, 0.15) is 0 Å². The fourth-order valence-electron chi connectivity index (χ4n) is 2.16. The molecule has 0 aliphatic heterocycles. The van der Waals surface area contributed by atoms with Gasteiger partial charge in [-0.05, 0) is 29.4 Å². The molecule has 2 heterocycles. The number of rotatable bonds is 4. The van der Waals surface area contributed by atoms with Crippen molar-refractivity contribution < 1.29 is 4.63 Å². The summed E-state index contributed by atoms with van der Waals surface area (Å²) in [6.07, 6.45) is 0. The molecule has 0 saturated carbocycles. The maximum absolute atomic E-state index is 4.71. The molecule has 108 valence electrons. The minimum atomic E-state index is 0.407. The van der Waals surface area contributed by atoms with Crippen LogP contribution in [0.4, 0.5) is 17.3 Å². The van der Waals surface area contributed by atoms with Crippen LogP contribution in [0.25, 0.3) is 11.3 Å². The minimum absolute atomic E-state index is 0.407. The molecule has 0 aliphatic rings. The van der Waals surface area contributed by atoms with Gasteiger partial charge >= 0.3 is 0 Å². The number of para-hydroxylation sites is 1. The topological polar surface area (TPSA) is 71.2 Å². The second kappa shape index (κ2) is 5.35. The van der Waals surface area contributed by atoms with Crippen molar-refractivity contribution in [2.45, 2.75) is 6.92 Å². The lowest BCUT2D eigenvalue weighted by molar-refractivity contribution is 0.314.